The average Bonchev–Trinajstić information content (AvgIpc) is 3.17. The van der Waals surface area contributed by atoms with Gasteiger partial charge in [0.1, 0.15) is 5.82 Å². The first-order valence-electron chi connectivity index (χ1n) is 9.77. The Balaban J connectivity index is 1.68. The summed E-state index contributed by atoms with van der Waals surface area (Å²) in [6.07, 6.45) is 1.69. The number of carbonyl (C=O) groups is 2. The quantitative estimate of drug-likeness (QED) is 0.335. The van der Waals surface area contributed by atoms with Gasteiger partial charge in [-0.1, -0.05) is 60.7 Å². The first-order chi connectivity index (χ1) is 14.6. The molecular weight excluding hydrogens is 377 g/mol. The van der Waals surface area contributed by atoms with E-state index in [0.29, 0.717) is 23.2 Å². The highest BCUT2D eigenvalue weighted by Crippen LogP contribution is 2.33. The zero-order chi connectivity index (χ0) is 20.8. The highest BCUT2D eigenvalue weighted by Gasteiger charge is 2.33. The molecule has 5 rings (SSSR count). The molecule has 1 heterocycles. The van der Waals surface area contributed by atoms with Crippen molar-refractivity contribution in [2.24, 2.45) is 0 Å². The lowest BCUT2D eigenvalue weighted by Crippen LogP contribution is -2.04. The minimum atomic E-state index is -0.258. The number of para-hydroxylation sites is 1. The Kier molecular flexibility index (Phi) is 4.21. The van der Waals surface area contributed by atoms with Crippen LogP contribution in [0, 0.1) is 12.7 Å². The summed E-state index contributed by atoms with van der Waals surface area (Å²) in [5.41, 5.74) is 4.27. The molecule has 0 amide bonds. The van der Waals surface area contributed by atoms with Crippen LogP contribution in [0.5, 0.6) is 0 Å². The molecule has 3 nitrogen and oxygen atoms in total. The standard InChI is InChI=1S/C26H18FNO2/c1-16-21(14-22-25(29)19-10-3-4-11-20(19)26(22)30)18-9-5-7-13-24(18)28(16)15-17-8-2-6-12-23(17)27/h2-14H,15H2,1H3. The van der Waals surface area contributed by atoms with Gasteiger partial charge in [-0.2, -0.15) is 0 Å². The van der Waals surface area contributed by atoms with Crippen LogP contribution in [0.4, 0.5) is 4.39 Å². The molecule has 1 aliphatic rings. The van der Waals surface area contributed by atoms with Crippen molar-refractivity contribution in [2.75, 3.05) is 0 Å². The minimum absolute atomic E-state index is 0.174. The van der Waals surface area contributed by atoms with Crippen LogP contribution in [0.15, 0.2) is 78.4 Å². The van der Waals surface area contributed by atoms with Crippen molar-refractivity contribution in [2.45, 2.75) is 13.5 Å². The summed E-state index contributed by atoms with van der Waals surface area (Å²) in [5.74, 6) is -0.756. The third-order valence-electron chi connectivity index (χ3n) is 5.76. The maximum absolute atomic E-state index is 14.3. The zero-order valence-corrected chi connectivity index (χ0v) is 16.4. The molecule has 1 aliphatic carbocycles. The fourth-order valence-corrected chi connectivity index (χ4v) is 4.19. The lowest BCUT2D eigenvalue weighted by molar-refractivity contribution is 0.0990. The molecule has 0 unspecified atom stereocenters. The van der Waals surface area contributed by atoms with Crippen LogP contribution >= 0.6 is 0 Å². The summed E-state index contributed by atoms with van der Waals surface area (Å²) in [5, 5.41) is 0.926. The van der Waals surface area contributed by atoms with E-state index in [2.05, 4.69) is 0 Å². The molecule has 0 N–H and O–H groups in total. The summed E-state index contributed by atoms with van der Waals surface area (Å²) in [4.78, 5) is 25.7. The molecule has 30 heavy (non-hydrogen) atoms. The van der Waals surface area contributed by atoms with E-state index in [0.717, 1.165) is 22.2 Å². The van der Waals surface area contributed by atoms with Crippen LogP contribution in [0.25, 0.3) is 17.0 Å². The molecule has 0 bridgehead atoms. The first kappa shape index (κ1) is 18.3. The third-order valence-corrected chi connectivity index (χ3v) is 5.76. The number of benzene rings is 3. The second kappa shape index (κ2) is 6.92. The second-order valence-electron chi connectivity index (χ2n) is 7.46. The Morgan fingerprint density at radius 1 is 0.833 bits per heavy atom. The number of hydrogen-bond acceptors (Lipinski definition) is 2. The lowest BCUT2D eigenvalue weighted by Gasteiger charge is -2.09. The van der Waals surface area contributed by atoms with E-state index in [-0.39, 0.29) is 23.0 Å². The molecule has 4 aromatic rings. The predicted molar refractivity (Wildman–Crippen MR) is 115 cm³/mol. The number of hydrogen-bond donors (Lipinski definition) is 0. The SMILES string of the molecule is Cc1c(C=C2C(=O)c3ccccc3C2=O)c2ccccc2n1Cc1ccccc1F. The molecule has 0 radical (unpaired) electrons. The van der Waals surface area contributed by atoms with Crippen molar-refractivity contribution in [3.05, 3.63) is 112 Å². The van der Waals surface area contributed by atoms with Crippen LogP contribution in [-0.2, 0) is 6.54 Å². The van der Waals surface area contributed by atoms with E-state index >= 15 is 0 Å². The second-order valence-corrected chi connectivity index (χ2v) is 7.46. The Morgan fingerprint density at radius 2 is 1.43 bits per heavy atom. The molecule has 146 valence electrons. The van der Waals surface area contributed by atoms with Gasteiger partial charge in [0.25, 0.3) is 0 Å². The monoisotopic (exact) mass is 395 g/mol. The maximum atomic E-state index is 14.3. The van der Waals surface area contributed by atoms with Crippen molar-refractivity contribution in [3.8, 4) is 0 Å². The van der Waals surface area contributed by atoms with Gasteiger partial charge in [-0.05, 0) is 25.1 Å². The van der Waals surface area contributed by atoms with Crippen molar-refractivity contribution >= 4 is 28.5 Å². The Hall–Kier alpha value is -3.79. The predicted octanol–water partition coefficient (Wildman–Crippen LogP) is 5.60. The van der Waals surface area contributed by atoms with E-state index in [1.165, 1.54) is 6.07 Å². The summed E-state index contributed by atoms with van der Waals surface area (Å²) in [6, 6.07) is 21.4. The Morgan fingerprint density at radius 3 is 2.13 bits per heavy atom. The number of fused-ring (bicyclic) bond motifs is 2. The molecule has 0 spiro atoms. The lowest BCUT2D eigenvalue weighted by atomic mass is 10.0. The Bertz CT molecular complexity index is 1340. The summed E-state index contributed by atoms with van der Waals surface area (Å²) in [7, 11) is 0. The Labute approximate surface area is 173 Å². The van der Waals surface area contributed by atoms with E-state index < -0.39 is 0 Å². The zero-order valence-electron chi connectivity index (χ0n) is 16.4. The summed E-state index contributed by atoms with van der Waals surface area (Å²) >= 11 is 0. The number of allylic oxidation sites excluding steroid dienone is 1. The molecule has 0 fully saturated rings. The molecule has 4 heteroatoms. The molecule has 1 aromatic heterocycles. The van der Waals surface area contributed by atoms with E-state index in [1.54, 1.807) is 42.5 Å². The van der Waals surface area contributed by atoms with Gasteiger partial charge in [0.15, 0.2) is 11.6 Å². The fraction of sp³-hybridized carbons (Fsp3) is 0.0769. The van der Waals surface area contributed by atoms with Crippen LogP contribution in [-0.4, -0.2) is 16.1 Å². The number of rotatable bonds is 3. The number of nitrogens with zero attached hydrogens (tertiary/aromatic N) is 1. The van der Waals surface area contributed by atoms with Crippen LogP contribution in [0.3, 0.4) is 0 Å². The van der Waals surface area contributed by atoms with Gasteiger partial charge >= 0.3 is 0 Å². The van der Waals surface area contributed by atoms with Crippen molar-refractivity contribution < 1.29 is 14.0 Å². The number of ketones is 2. The number of Topliss-reactive ketones (excluding diaryl/α,β-unsaturated/α-hetero) is 2. The van der Waals surface area contributed by atoms with Crippen LogP contribution in [0.2, 0.25) is 0 Å². The van der Waals surface area contributed by atoms with Crippen molar-refractivity contribution in [1.29, 1.82) is 0 Å². The van der Waals surface area contributed by atoms with Gasteiger partial charge in [0, 0.05) is 38.9 Å². The van der Waals surface area contributed by atoms with Gasteiger partial charge in [-0.15, -0.1) is 0 Å². The van der Waals surface area contributed by atoms with Gasteiger partial charge in [-0.3, -0.25) is 9.59 Å². The minimum Gasteiger partial charge on any atom is -0.340 e. The summed E-state index contributed by atoms with van der Waals surface area (Å²) < 4.78 is 16.3. The van der Waals surface area contributed by atoms with Gasteiger partial charge in [-0.25, -0.2) is 4.39 Å². The number of carbonyl (C=O) groups excluding carboxylic acids is 2. The average molecular weight is 395 g/mol. The normalized spacial score (nSPS) is 13.2. The number of halogens is 1. The topological polar surface area (TPSA) is 39.1 Å². The largest absolute Gasteiger partial charge is 0.340 e. The summed E-state index contributed by atoms with van der Waals surface area (Å²) in [6.45, 7) is 2.30. The molecular formula is C26H18FNO2. The van der Waals surface area contributed by atoms with E-state index in [1.807, 2.05) is 41.8 Å². The van der Waals surface area contributed by atoms with Gasteiger partial charge < -0.3 is 4.57 Å². The van der Waals surface area contributed by atoms with Gasteiger partial charge in [0.2, 0.25) is 0 Å². The highest BCUT2D eigenvalue weighted by molar-refractivity contribution is 6.41. The molecule has 0 saturated heterocycles. The fourth-order valence-electron chi connectivity index (χ4n) is 4.19. The maximum Gasteiger partial charge on any atom is 0.197 e. The molecule has 0 aliphatic heterocycles. The molecule has 0 atom stereocenters. The van der Waals surface area contributed by atoms with Crippen LogP contribution in [0.1, 0.15) is 37.5 Å². The molecule has 0 saturated carbocycles. The molecule has 3 aromatic carbocycles. The van der Waals surface area contributed by atoms with E-state index in [9.17, 15) is 14.0 Å². The third kappa shape index (κ3) is 2.72. The van der Waals surface area contributed by atoms with Crippen molar-refractivity contribution in [1.82, 2.24) is 4.57 Å². The number of aromatic nitrogens is 1. The van der Waals surface area contributed by atoms with E-state index in [4.69, 9.17) is 0 Å². The van der Waals surface area contributed by atoms with Crippen molar-refractivity contribution in [3.63, 3.8) is 0 Å². The smallest absolute Gasteiger partial charge is 0.197 e. The van der Waals surface area contributed by atoms with Gasteiger partial charge in [0.05, 0.1) is 12.1 Å². The van der Waals surface area contributed by atoms with Crippen LogP contribution < -0.4 is 0 Å². The first-order valence-corrected chi connectivity index (χ1v) is 9.77. The highest BCUT2D eigenvalue weighted by atomic mass is 19.1.